The van der Waals surface area contributed by atoms with Gasteiger partial charge in [0.1, 0.15) is 22.9 Å². The zero-order valence-electron chi connectivity index (χ0n) is 20.1. The van der Waals surface area contributed by atoms with Crippen molar-refractivity contribution in [3.63, 3.8) is 0 Å². The van der Waals surface area contributed by atoms with Gasteiger partial charge in [-0.25, -0.2) is 18.6 Å². The van der Waals surface area contributed by atoms with Gasteiger partial charge >= 0.3 is 5.97 Å². The molecule has 1 amide bonds. The van der Waals surface area contributed by atoms with Crippen molar-refractivity contribution in [1.82, 2.24) is 5.01 Å². The Bertz CT molecular complexity index is 1440. The Morgan fingerprint density at radius 3 is 2.45 bits per heavy atom. The normalized spacial score (nSPS) is 19.7. The minimum absolute atomic E-state index is 0.155. The molecule has 1 saturated carbocycles. The molecule has 0 radical (unpaired) electrons. The summed E-state index contributed by atoms with van der Waals surface area (Å²) >= 11 is 5.91. The number of halogens is 3. The molecule has 194 valence electrons. The van der Waals surface area contributed by atoms with Crippen molar-refractivity contribution in [2.24, 2.45) is 11.0 Å². The number of hydrazone groups is 1. The topological polar surface area (TPSA) is 79.2 Å². The number of phenols is 1. The van der Waals surface area contributed by atoms with Crippen molar-refractivity contribution in [3.05, 3.63) is 106 Å². The third kappa shape index (κ3) is 5.31. The number of nitrogens with zero attached hydrogens (tertiary/aromatic N) is 2. The first-order chi connectivity index (χ1) is 18.3. The number of allylic oxidation sites excluding steroid dienone is 1. The van der Waals surface area contributed by atoms with E-state index >= 15 is 0 Å². The lowest BCUT2D eigenvalue weighted by Crippen LogP contribution is -2.34. The van der Waals surface area contributed by atoms with Crippen molar-refractivity contribution in [2.75, 3.05) is 6.61 Å². The lowest BCUT2D eigenvalue weighted by molar-refractivity contribution is -0.137. The summed E-state index contributed by atoms with van der Waals surface area (Å²) in [7, 11) is 0. The molecule has 2 atom stereocenters. The average molecular weight is 537 g/mol. The second-order valence-electron chi connectivity index (χ2n) is 9.18. The Balaban J connectivity index is 1.44. The maximum atomic E-state index is 13.7. The van der Waals surface area contributed by atoms with Crippen LogP contribution < -0.4 is 0 Å². The number of hydrogen-bond acceptors (Lipinski definition) is 5. The molecule has 1 fully saturated rings. The quantitative estimate of drug-likeness (QED) is 0.388. The highest BCUT2D eigenvalue weighted by molar-refractivity contribution is 6.31. The first-order valence-corrected chi connectivity index (χ1v) is 12.5. The Labute approximate surface area is 222 Å². The summed E-state index contributed by atoms with van der Waals surface area (Å²) in [6.07, 6.45) is 4.26. The van der Waals surface area contributed by atoms with Crippen LogP contribution in [0, 0.1) is 17.6 Å². The summed E-state index contributed by atoms with van der Waals surface area (Å²) in [5, 5.41) is 16.2. The van der Waals surface area contributed by atoms with Crippen LogP contribution in [0.25, 0.3) is 6.08 Å². The van der Waals surface area contributed by atoms with Gasteiger partial charge < -0.3 is 9.84 Å². The van der Waals surface area contributed by atoms with E-state index in [4.69, 9.17) is 16.3 Å². The molecule has 1 aliphatic heterocycles. The Morgan fingerprint density at radius 2 is 1.74 bits per heavy atom. The van der Waals surface area contributed by atoms with Crippen molar-refractivity contribution in [2.45, 2.75) is 25.3 Å². The van der Waals surface area contributed by atoms with E-state index in [1.807, 2.05) is 6.08 Å². The maximum absolute atomic E-state index is 13.7. The smallest absolute Gasteiger partial charge is 0.342 e. The van der Waals surface area contributed by atoms with Gasteiger partial charge in [-0.2, -0.15) is 5.10 Å². The van der Waals surface area contributed by atoms with Gasteiger partial charge in [0.05, 0.1) is 11.8 Å². The van der Waals surface area contributed by atoms with Gasteiger partial charge in [0.2, 0.25) is 0 Å². The van der Waals surface area contributed by atoms with Crippen LogP contribution in [0.5, 0.6) is 5.75 Å². The number of carbonyl (C=O) groups excluding carboxylic acids is 2. The number of aromatic hydroxyl groups is 1. The molecule has 9 heteroatoms. The monoisotopic (exact) mass is 536 g/mol. The molecular weight excluding hydrogens is 514 g/mol. The predicted octanol–water partition coefficient (Wildman–Crippen LogP) is 6.30. The standard InChI is InChI=1S/C29H23ClF2N2O4/c30-20-8-13-25(35)24(15-20)29(37)38-16-26(36)34-28(18-6-11-22(32)12-7-18)23-3-1-2-19(27(23)33-34)14-17-4-9-21(31)10-5-17/h4-15,23,28,35H,1-3,16H2/b19-14+. The van der Waals surface area contributed by atoms with Crippen molar-refractivity contribution in [1.29, 1.82) is 0 Å². The summed E-state index contributed by atoms with van der Waals surface area (Å²) in [5.74, 6) is -2.69. The minimum Gasteiger partial charge on any atom is -0.507 e. The third-order valence-corrected chi connectivity index (χ3v) is 6.92. The van der Waals surface area contributed by atoms with Gasteiger partial charge in [-0.1, -0.05) is 35.9 Å². The van der Waals surface area contributed by atoms with Crippen LogP contribution in [0.2, 0.25) is 5.02 Å². The van der Waals surface area contributed by atoms with E-state index in [1.165, 1.54) is 47.5 Å². The van der Waals surface area contributed by atoms with Crippen LogP contribution in [0.1, 0.15) is 46.8 Å². The molecule has 0 spiro atoms. The number of carbonyl (C=O) groups is 2. The second kappa shape index (κ2) is 10.8. The summed E-state index contributed by atoms with van der Waals surface area (Å²) in [6.45, 7) is -0.622. The molecule has 2 unspecified atom stereocenters. The molecule has 1 N–H and O–H groups in total. The van der Waals surface area contributed by atoms with Crippen molar-refractivity contribution < 1.29 is 28.2 Å². The fraction of sp³-hybridized carbons (Fsp3) is 0.207. The predicted molar refractivity (Wildman–Crippen MR) is 139 cm³/mol. The summed E-state index contributed by atoms with van der Waals surface area (Å²) < 4.78 is 32.3. The minimum atomic E-state index is -0.905. The SMILES string of the molecule is O=C(OCC(=O)N1N=C2/C(=C/c3ccc(F)cc3)CCCC2C1c1ccc(F)cc1)c1cc(Cl)ccc1O. The van der Waals surface area contributed by atoms with Crippen LogP contribution in [0.4, 0.5) is 8.78 Å². The zero-order chi connectivity index (χ0) is 26.8. The molecule has 3 aromatic rings. The number of amides is 1. The van der Waals surface area contributed by atoms with E-state index in [1.54, 1.807) is 24.3 Å². The number of rotatable bonds is 5. The molecule has 0 bridgehead atoms. The third-order valence-electron chi connectivity index (χ3n) is 6.68. The van der Waals surface area contributed by atoms with Crippen LogP contribution >= 0.6 is 11.6 Å². The van der Waals surface area contributed by atoms with Crippen LogP contribution in [-0.2, 0) is 9.53 Å². The number of fused-ring (bicyclic) bond motifs is 1. The lowest BCUT2D eigenvalue weighted by atomic mass is 9.77. The Hall–Kier alpha value is -4.04. The highest BCUT2D eigenvalue weighted by Crippen LogP contribution is 2.44. The Morgan fingerprint density at radius 1 is 1.05 bits per heavy atom. The van der Waals surface area contributed by atoms with Crippen molar-refractivity contribution >= 4 is 35.3 Å². The average Bonchev–Trinajstić information content (AvgIpc) is 3.31. The lowest BCUT2D eigenvalue weighted by Gasteiger charge is -2.29. The molecule has 3 aromatic carbocycles. The fourth-order valence-electron chi connectivity index (χ4n) is 4.90. The van der Waals surface area contributed by atoms with Gasteiger partial charge in [0, 0.05) is 10.9 Å². The van der Waals surface area contributed by atoms with Gasteiger partial charge in [0.25, 0.3) is 5.91 Å². The molecule has 1 aliphatic carbocycles. The molecule has 2 aliphatic rings. The first kappa shape index (κ1) is 25.6. The second-order valence-corrected chi connectivity index (χ2v) is 9.61. The molecule has 0 aromatic heterocycles. The number of phenolic OH excluding ortho intramolecular Hbond substituents is 1. The number of benzene rings is 3. The summed E-state index contributed by atoms with van der Waals surface area (Å²) in [5.41, 5.74) is 3.00. The van der Waals surface area contributed by atoms with Gasteiger partial charge in [-0.3, -0.25) is 4.79 Å². The van der Waals surface area contributed by atoms with Crippen LogP contribution in [-0.4, -0.2) is 34.3 Å². The molecule has 1 heterocycles. The molecular formula is C29H23ClF2N2O4. The van der Waals surface area contributed by atoms with E-state index in [-0.39, 0.29) is 28.1 Å². The molecule has 38 heavy (non-hydrogen) atoms. The molecule has 6 nitrogen and oxygen atoms in total. The largest absolute Gasteiger partial charge is 0.507 e. The fourth-order valence-corrected chi connectivity index (χ4v) is 5.08. The van der Waals surface area contributed by atoms with E-state index < -0.39 is 30.3 Å². The van der Waals surface area contributed by atoms with Gasteiger partial charge in [-0.15, -0.1) is 0 Å². The highest BCUT2D eigenvalue weighted by Gasteiger charge is 2.44. The van der Waals surface area contributed by atoms with E-state index in [2.05, 4.69) is 5.10 Å². The Kier molecular flexibility index (Phi) is 7.24. The number of ether oxygens (including phenoxy) is 1. The van der Waals surface area contributed by atoms with Crippen molar-refractivity contribution in [3.8, 4) is 5.75 Å². The molecule has 0 saturated heterocycles. The highest BCUT2D eigenvalue weighted by atomic mass is 35.5. The van der Waals surface area contributed by atoms with Gasteiger partial charge in [-0.05, 0) is 84.5 Å². The summed E-state index contributed by atoms with van der Waals surface area (Å²) in [6, 6.07) is 15.4. The summed E-state index contributed by atoms with van der Waals surface area (Å²) in [4.78, 5) is 25.9. The van der Waals surface area contributed by atoms with Crippen LogP contribution in [0.15, 0.2) is 77.4 Å². The van der Waals surface area contributed by atoms with E-state index in [0.717, 1.165) is 36.1 Å². The van der Waals surface area contributed by atoms with E-state index in [9.17, 15) is 23.5 Å². The van der Waals surface area contributed by atoms with E-state index in [0.29, 0.717) is 5.56 Å². The number of esters is 1. The number of hydrogen-bond donors (Lipinski definition) is 1. The van der Waals surface area contributed by atoms with Crippen LogP contribution in [0.3, 0.4) is 0 Å². The molecule has 5 rings (SSSR count). The van der Waals surface area contributed by atoms with Gasteiger partial charge in [0.15, 0.2) is 6.61 Å². The zero-order valence-corrected chi connectivity index (χ0v) is 20.9. The maximum Gasteiger partial charge on any atom is 0.342 e. The first-order valence-electron chi connectivity index (χ1n) is 12.1.